The van der Waals surface area contributed by atoms with Crippen molar-refractivity contribution in [3.05, 3.63) is 60.2 Å². The van der Waals surface area contributed by atoms with Gasteiger partial charge in [-0.05, 0) is 30.0 Å². The summed E-state index contributed by atoms with van der Waals surface area (Å²) >= 11 is 0. The molecule has 0 bridgehead atoms. The maximum Gasteiger partial charge on any atom is 0.306 e. The summed E-state index contributed by atoms with van der Waals surface area (Å²) in [6.07, 6.45) is 11.6. The standard InChI is InChI=1S/C26H36O2/c1-3-4-5-6-7-8-9-10-14-17-26(27)28-22(2)23-18-20-25(21-19-23)24-15-12-11-13-16-24/h11-13,15-16,18-22H,3-10,14,17H2,1-2H3. The zero-order valence-electron chi connectivity index (χ0n) is 17.7. The molecule has 0 amide bonds. The Labute approximate surface area is 171 Å². The SMILES string of the molecule is CCCCCCCCCCCC(=O)OC(C)c1ccc(-c2ccccc2)cc1. The average Bonchev–Trinajstić information content (AvgIpc) is 2.73. The fourth-order valence-electron chi connectivity index (χ4n) is 3.48. The molecule has 0 saturated heterocycles. The topological polar surface area (TPSA) is 26.3 Å². The van der Waals surface area contributed by atoms with E-state index in [2.05, 4.69) is 43.3 Å². The van der Waals surface area contributed by atoms with Crippen molar-refractivity contribution >= 4 is 5.97 Å². The molecule has 0 saturated carbocycles. The van der Waals surface area contributed by atoms with Crippen LogP contribution in [0.4, 0.5) is 0 Å². The highest BCUT2D eigenvalue weighted by molar-refractivity contribution is 5.69. The number of ether oxygens (including phenoxy) is 1. The first-order valence-corrected chi connectivity index (χ1v) is 11.1. The molecule has 2 aromatic rings. The van der Waals surface area contributed by atoms with E-state index in [1.807, 2.05) is 25.1 Å². The molecule has 2 rings (SSSR count). The number of esters is 1. The number of unbranched alkanes of at least 4 members (excludes halogenated alkanes) is 8. The zero-order chi connectivity index (χ0) is 20.0. The highest BCUT2D eigenvalue weighted by atomic mass is 16.5. The molecule has 2 heteroatoms. The Kier molecular flexibility index (Phi) is 10.4. The summed E-state index contributed by atoms with van der Waals surface area (Å²) in [4.78, 5) is 12.1. The number of carbonyl (C=O) groups excluding carboxylic acids is 1. The van der Waals surface area contributed by atoms with E-state index in [0.717, 1.165) is 18.4 Å². The van der Waals surface area contributed by atoms with E-state index in [0.29, 0.717) is 6.42 Å². The Balaban J connectivity index is 1.63. The maximum absolute atomic E-state index is 12.1. The van der Waals surface area contributed by atoms with Gasteiger partial charge in [0.15, 0.2) is 0 Å². The molecule has 0 spiro atoms. The molecule has 0 aromatic heterocycles. The molecular formula is C26H36O2. The smallest absolute Gasteiger partial charge is 0.306 e. The minimum atomic E-state index is -0.198. The molecule has 152 valence electrons. The van der Waals surface area contributed by atoms with Crippen LogP contribution in [0.25, 0.3) is 11.1 Å². The summed E-state index contributed by atoms with van der Waals surface area (Å²) in [5.41, 5.74) is 3.42. The van der Waals surface area contributed by atoms with E-state index in [1.54, 1.807) is 0 Å². The molecule has 0 aliphatic carbocycles. The van der Waals surface area contributed by atoms with Gasteiger partial charge in [0.05, 0.1) is 0 Å². The van der Waals surface area contributed by atoms with Gasteiger partial charge in [-0.1, -0.05) is 113 Å². The van der Waals surface area contributed by atoms with Crippen LogP contribution >= 0.6 is 0 Å². The summed E-state index contributed by atoms with van der Waals surface area (Å²) < 4.78 is 5.62. The fourth-order valence-corrected chi connectivity index (χ4v) is 3.48. The Morgan fingerprint density at radius 1 is 0.750 bits per heavy atom. The van der Waals surface area contributed by atoms with Crippen LogP contribution in [0.15, 0.2) is 54.6 Å². The van der Waals surface area contributed by atoms with Gasteiger partial charge in [-0.2, -0.15) is 0 Å². The van der Waals surface area contributed by atoms with Crippen LogP contribution in [0, 0.1) is 0 Å². The maximum atomic E-state index is 12.1. The quantitative estimate of drug-likeness (QED) is 0.261. The second-order valence-electron chi connectivity index (χ2n) is 7.70. The van der Waals surface area contributed by atoms with E-state index in [1.165, 1.54) is 56.1 Å². The van der Waals surface area contributed by atoms with Gasteiger partial charge >= 0.3 is 5.97 Å². The Morgan fingerprint density at radius 3 is 1.89 bits per heavy atom. The van der Waals surface area contributed by atoms with Gasteiger partial charge in [0.25, 0.3) is 0 Å². The molecule has 28 heavy (non-hydrogen) atoms. The number of hydrogen-bond donors (Lipinski definition) is 0. The van der Waals surface area contributed by atoms with E-state index < -0.39 is 0 Å². The van der Waals surface area contributed by atoms with Crippen LogP contribution in [0.1, 0.15) is 89.7 Å². The molecule has 0 aliphatic rings. The van der Waals surface area contributed by atoms with Crippen LogP contribution in [-0.2, 0) is 9.53 Å². The molecule has 2 nitrogen and oxygen atoms in total. The van der Waals surface area contributed by atoms with Crippen molar-refractivity contribution in [1.82, 2.24) is 0 Å². The molecule has 0 fully saturated rings. The monoisotopic (exact) mass is 380 g/mol. The Morgan fingerprint density at radius 2 is 1.29 bits per heavy atom. The lowest BCUT2D eigenvalue weighted by Crippen LogP contribution is -2.08. The summed E-state index contributed by atoms with van der Waals surface area (Å²) in [6.45, 7) is 4.20. The molecule has 2 aromatic carbocycles. The lowest BCUT2D eigenvalue weighted by Gasteiger charge is -2.14. The van der Waals surface area contributed by atoms with Crippen molar-refractivity contribution < 1.29 is 9.53 Å². The predicted octanol–water partition coefficient (Wildman–Crippen LogP) is 7.88. The zero-order valence-corrected chi connectivity index (χ0v) is 17.7. The third-order valence-corrected chi connectivity index (χ3v) is 5.28. The van der Waals surface area contributed by atoms with Crippen molar-refractivity contribution in [2.45, 2.75) is 84.2 Å². The second-order valence-corrected chi connectivity index (χ2v) is 7.70. The first kappa shape index (κ1) is 22.2. The highest BCUT2D eigenvalue weighted by Gasteiger charge is 2.11. The predicted molar refractivity (Wildman–Crippen MR) is 118 cm³/mol. The number of benzene rings is 2. The van der Waals surface area contributed by atoms with Crippen molar-refractivity contribution in [3.8, 4) is 11.1 Å². The molecular weight excluding hydrogens is 344 g/mol. The number of carbonyl (C=O) groups is 1. The van der Waals surface area contributed by atoms with Gasteiger partial charge in [-0.3, -0.25) is 4.79 Å². The highest BCUT2D eigenvalue weighted by Crippen LogP contribution is 2.23. The molecule has 1 unspecified atom stereocenters. The van der Waals surface area contributed by atoms with Crippen LogP contribution in [0.3, 0.4) is 0 Å². The van der Waals surface area contributed by atoms with E-state index >= 15 is 0 Å². The normalized spacial score (nSPS) is 11.9. The van der Waals surface area contributed by atoms with E-state index in [4.69, 9.17) is 4.74 Å². The first-order chi connectivity index (χ1) is 13.7. The molecule has 0 heterocycles. The van der Waals surface area contributed by atoms with Gasteiger partial charge in [0.1, 0.15) is 6.10 Å². The Bertz CT molecular complexity index is 661. The van der Waals surface area contributed by atoms with Crippen LogP contribution in [0.5, 0.6) is 0 Å². The summed E-state index contributed by atoms with van der Waals surface area (Å²) in [7, 11) is 0. The van der Waals surface area contributed by atoms with Crippen LogP contribution in [-0.4, -0.2) is 5.97 Å². The van der Waals surface area contributed by atoms with Crippen LogP contribution < -0.4 is 0 Å². The average molecular weight is 381 g/mol. The van der Waals surface area contributed by atoms with Crippen molar-refractivity contribution in [2.24, 2.45) is 0 Å². The second kappa shape index (κ2) is 13.1. The summed E-state index contributed by atoms with van der Waals surface area (Å²) in [5.74, 6) is -0.0809. The van der Waals surface area contributed by atoms with Crippen molar-refractivity contribution in [3.63, 3.8) is 0 Å². The minimum Gasteiger partial charge on any atom is -0.458 e. The van der Waals surface area contributed by atoms with Gasteiger partial charge in [0, 0.05) is 6.42 Å². The fraction of sp³-hybridized carbons (Fsp3) is 0.500. The van der Waals surface area contributed by atoms with E-state index in [-0.39, 0.29) is 12.1 Å². The molecule has 0 aliphatic heterocycles. The lowest BCUT2D eigenvalue weighted by atomic mass is 10.0. The van der Waals surface area contributed by atoms with Gasteiger partial charge in [0.2, 0.25) is 0 Å². The lowest BCUT2D eigenvalue weighted by molar-refractivity contribution is -0.148. The first-order valence-electron chi connectivity index (χ1n) is 11.1. The largest absolute Gasteiger partial charge is 0.458 e. The third kappa shape index (κ3) is 8.29. The number of hydrogen-bond acceptors (Lipinski definition) is 2. The summed E-state index contributed by atoms with van der Waals surface area (Å²) in [5, 5.41) is 0. The van der Waals surface area contributed by atoms with Crippen molar-refractivity contribution in [2.75, 3.05) is 0 Å². The van der Waals surface area contributed by atoms with Crippen LogP contribution in [0.2, 0.25) is 0 Å². The number of rotatable bonds is 13. The molecule has 0 N–H and O–H groups in total. The molecule has 1 atom stereocenters. The third-order valence-electron chi connectivity index (χ3n) is 5.28. The van der Waals surface area contributed by atoms with Crippen molar-refractivity contribution in [1.29, 1.82) is 0 Å². The minimum absolute atomic E-state index is 0.0809. The molecule has 0 radical (unpaired) electrons. The van der Waals surface area contributed by atoms with Gasteiger partial charge in [-0.15, -0.1) is 0 Å². The van der Waals surface area contributed by atoms with Gasteiger partial charge in [-0.25, -0.2) is 0 Å². The summed E-state index contributed by atoms with van der Waals surface area (Å²) in [6, 6.07) is 18.6. The Hall–Kier alpha value is -2.09. The van der Waals surface area contributed by atoms with Gasteiger partial charge < -0.3 is 4.74 Å². The van der Waals surface area contributed by atoms with E-state index in [9.17, 15) is 4.79 Å².